The molecule has 2 aliphatic heterocycles. The monoisotopic (exact) mass is 668 g/mol. The number of carbonyl (C=O) groups is 5. The van der Waals surface area contributed by atoms with Crippen LogP contribution in [0.4, 0.5) is 0 Å². The lowest BCUT2D eigenvalue weighted by Crippen LogP contribution is -2.36. The van der Waals surface area contributed by atoms with E-state index >= 15 is 0 Å². The minimum Gasteiger partial charge on any atom is -0.497 e. The van der Waals surface area contributed by atoms with E-state index in [4.69, 9.17) is 37.9 Å². The summed E-state index contributed by atoms with van der Waals surface area (Å²) in [6.07, 6.45) is -2.78. The topological polar surface area (TPSA) is 159 Å². The second-order valence-corrected chi connectivity index (χ2v) is 10.8. The third-order valence-electron chi connectivity index (χ3n) is 7.68. The Morgan fingerprint density at radius 2 is 0.878 bits per heavy atom. The first-order valence-corrected chi connectivity index (χ1v) is 15.0. The van der Waals surface area contributed by atoms with Crippen molar-refractivity contribution in [1.82, 2.24) is 0 Å². The molecule has 49 heavy (non-hydrogen) atoms. The van der Waals surface area contributed by atoms with Crippen molar-refractivity contribution in [3.8, 4) is 23.0 Å². The van der Waals surface area contributed by atoms with Crippen LogP contribution in [0.25, 0.3) is 0 Å². The van der Waals surface area contributed by atoms with Gasteiger partial charge in [0.15, 0.2) is 12.2 Å². The van der Waals surface area contributed by atoms with E-state index in [0.29, 0.717) is 11.3 Å². The summed E-state index contributed by atoms with van der Waals surface area (Å²) in [7, 11) is 1.53. The number of carbonyl (C=O) groups excluding carboxylic acids is 5. The van der Waals surface area contributed by atoms with Gasteiger partial charge in [0.05, 0.1) is 42.6 Å². The number of rotatable bonds is 11. The molecule has 13 nitrogen and oxygen atoms in total. The molecule has 250 valence electrons. The third kappa shape index (κ3) is 7.75. The Hall–Kier alpha value is -6.05. The maximum Gasteiger partial charge on any atom is 0.343 e. The van der Waals surface area contributed by atoms with E-state index < -0.39 is 48.3 Å². The van der Waals surface area contributed by atoms with Gasteiger partial charge in [0, 0.05) is 0 Å². The molecule has 4 aromatic carbocycles. The van der Waals surface area contributed by atoms with Crippen LogP contribution in [-0.2, 0) is 23.7 Å². The molecule has 0 aliphatic carbocycles. The van der Waals surface area contributed by atoms with Crippen molar-refractivity contribution in [3.63, 3.8) is 0 Å². The van der Waals surface area contributed by atoms with E-state index in [9.17, 15) is 24.0 Å². The Morgan fingerprint density at radius 1 is 0.531 bits per heavy atom. The Balaban J connectivity index is 0.973. The van der Waals surface area contributed by atoms with Crippen LogP contribution < -0.4 is 18.9 Å². The highest BCUT2D eigenvalue weighted by atomic mass is 16.7. The van der Waals surface area contributed by atoms with Crippen LogP contribution in [0.1, 0.15) is 41.4 Å². The molecule has 13 heteroatoms. The van der Waals surface area contributed by atoms with Crippen LogP contribution in [-0.4, -0.2) is 75.1 Å². The molecule has 2 aliphatic rings. The van der Waals surface area contributed by atoms with Crippen molar-refractivity contribution in [2.24, 2.45) is 0 Å². The summed E-state index contributed by atoms with van der Waals surface area (Å²) in [6, 6.07) is 24.0. The molecule has 0 radical (unpaired) electrons. The molecule has 0 saturated carbocycles. The molecule has 0 aromatic heterocycles. The van der Waals surface area contributed by atoms with Gasteiger partial charge in [-0.2, -0.15) is 0 Å². The first kappa shape index (κ1) is 32.9. The first-order valence-electron chi connectivity index (χ1n) is 15.0. The molecule has 4 aromatic rings. The molecular weight excluding hydrogens is 640 g/mol. The van der Waals surface area contributed by atoms with Gasteiger partial charge in [-0.3, -0.25) is 4.79 Å². The quantitative estimate of drug-likeness (QED) is 0.127. The zero-order chi connectivity index (χ0) is 34.3. The summed E-state index contributed by atoms with van der Waals surface area (Å²) < 4.78 is 43.4. The number of fused-ring (bicyclic) bond motifs is 1. The lowest BCUT2D eigenvalue weighted by Gasteiger charge is -2.17. The Kier molecular flexibility index (Phi) is 9.93. The average Bonchev–Trinajstić information content (AvgIpc) is 3.72. The van der Waals surface area contributed by atoms with Gasteiger partial charge in [-0.15, -0.1) is 0 Å². The summed E-state index contributed by atoms with van der Waals surface area (Å²) >= 11 is 0. The maximum atomic E-state index is 12.9. The fourth-order valence-electron chi connectivity index (χ4n) is 5.14. The van der Waals surface area contributed by atoms with E-state index in [1.165, 1.54) is 79.9 Å². The van der Waals surface area contributed by atoms with Crippen molar-refractivity contribution in [3.05, 3.63) is 119 Å². The van der Waals surface area contributed by atoms with Gasteiger partial charge in [-0.1, -0.05) is 0 Å². The molecule has 0 N–H and O–H groups in total. The van der Waals surface area contributed by atoms with Crippen LogP contribution in [0.3, 0.4) is 0 Å². The van der Waals surface area contributed by atoms with E-state index in [1.807, 2.05) is 0 Å². The molecule has 4 unspecified atom stereocenters. The van der Waals surface area contributed by atoms with Gasteiger partial charge in [0.2, 0.25) is 0 Å². The van der Waals surface area contributed by atoms with Crippen molar-refractivity contribution in [1.29, 1.82) is 0 Å². The van der Waals surface area contributed by atoms with Crippen molar-refractivity contribution in [2.75, 3.05) is 20.3 Å². The molecule has 2 saturated heterocycles. The lowest BCUT2D eigenvalue weighted by atomic mass is 10.1. The maximum absolute atomic E-state index is 12.9. The second kappa shape index (κ2) is 14.8. The Labute approximate surface area is 279 Å². The number of benzene rings is 4. The number of hydrogen-bond acceptors (Lipinski definition) is 13. The highest BCUT2D eigenvalue weighted by molar-refractivity contribution is 5.93. The zero-order valence-corrected chi connectivity index (χ0v) is 25.8. The van der Waals surface area contributed by atoms with Gasteiger partial charge in [0.25, 0.3) is 6.47 Å². The van der Waals surface area contributed by atoms with Gasteiger partial charge in [-0.05, 0) is 97.1 Å². The lowest BCUT2D eigenvalue weighted by molar-refractivity contribution is -0.120. The predicted octanol–water partition coefficient (Wildman–Crippen LogP) is 4.22. The van der Waals surface area contributed by atoms with E-state index in [-0.39, 0.29) is 53.6 Å². The van der Waals surface area contributed by atoms with Gasteiger partial charge >= 0.3 is 23.9 Å². The fraction of sp³-hybridized carbons (Fsp3) is 0.194. The highest BCUT2D eigenvalue weighted by Gasteiger charge is 2.51. The van der Waals surface area contributed by atoms with Crippen molar-refractivity contribution in [2.45, 2.75) is 24.4 Å². The van der Waals surface area contributed by atoms with Crippen molar-refractivity contribution < 1.29 is 61.9 Å². The van der Waals surface area contributed by atoms with Crippen LogP contribution >= 0.6 is 0 Å². The third-order valence-corrected chi connectivity index (χ3v) is 7.68. The predicted molar refractivity (Wildman–Crippen MR) is 167 cm³/mol. The Morgan fingerprint density at radius 3 is 1.24 bits per heavy atom. The fourth-order valence-corrected chi connectivity index (χ4v) is 5.14. The van der Waals surface area contributed by atoms with Gasteiger partial charge in [-0.25, -0.2) is 19.2 Å². The van der Waals surface area contributed by atoms with E-state index in [2.05, 4.69) is 0 Å². The van der Waals surface area contributed by atoms with Crippen LogP contribution in [0.15, 0.2) is 97.1 Å². The molecule has 2 heterocycles. The standard InChI is InChI=1S/C36H28O13/c1-42-25-10-2-21(3-11-25)33(38)46-27-14-6-23(7-15-27)35(40)48-29-18-43-32-30(19-44-31(29)32)49-36(41)24-8-16-28(17-9-24)47-34(39)22-4-12-26(13-5-22)45-20-37/h2-17,20,29-32H,18-19H2,1H3. The summed E-state index contributed by atoms with van der Waals surface area (Å²) in [5, 5.41) is 0. The molecule has 0 bridgehead atoms. The normalized spacial score (nSPS) is 19.2. The van der Waals surface area contributed by atoms with Gasteiger partial charge in [0.1, 0.15) is 35.2 Å². The summed E-state index contributed by atoms with van der Waals surface area (Å²) in [5.74, 6) is -1.14. The Bertz CT molecular complexity index is 1820. The number of methoxy groups -OCH3 is 1. The van der Waals surface area contributed by atoms with Crippen molar-refractivity contribution >= 4 is 30.3 Å². The van der Waals surface area contributed by atoms with Gasteiger partial charge < -0.3 is 37.9 Å². The SMILES string of the molecule is COc1ccc(C(=O)Oc2ccc(C(=O)OC3COC4C(OC(=O)c5ccc(OC(=O)c6ccc(OC=O)cc6)cc5)COC34)cc2)cc1. The summed E-state index contributed by atoms with van der Waals surface area (Å²) in [6.45, 7) is 0.361. The number of esters is 4. The molecule has 6 rings (SSSR count). The number of hydrogen-bond donors (Lipinski definition) is 0. The largest absolute Gasteiger partial charge is 0.497 e. The highest BCUT2D eigenvalue weighted by Crippen LogP contribution is 2.32. The average molecular weight is 669 g/mol. The molecule has 0 spiro atoms. The smallest absolute Gasteiger partial charge is 0.343 e. The van der Waals surface area contributed by atoms with Crippen LogP contribution in [0.5, 0.6) is 23.0 Å². The summed E-state index contributed by atoms with van der Waals surface area (Å²) in [5.41, 5.74) is 1.01. The minimum atomic E-state index is -0.746. The second-order valence-electron chi connectivity index (χ2n) is 10.8. The van der Waals surface area contributed by atoms with E-state index in [1.54, 1.807) is 24.3 Å². The summed E-state index contributed by atoms with van der Waals surface area (Å²) in [4.78, 5) is 61.0. The molecule has 4 atom stereocenters. The molecular formula is C36H28O13. The van der Waals surface area contributed by atoms with Crippen LogP contribution in [0, 0.1) is 0 Å². The van der Waals surface area contributed by atoms with Crippen LogP contribution in [0.2, 0.25) is 0 Å². The minimum absolute atomic E-state index is 0.0375. The molecule has 0 amide bonds. The molecule has 2 fully saturated rings. The first-order chi connectivity index (χ1) is 23.8. The zero-order valence-electron chi connectivity index (χ0n) is 25.8. The van der Waals surface area contributed by atoms with E-state index in [0.717, 1.165) is 0 Å². The number of ether oxygens (including phenoxy) is 8.